The number of alkyl halides is 3. The van der Waals surface area contributed by atoms with Crippen LogP contribution in [0.3, 0.4) is 0 Å². The van der Waals surface area contributed by atoms with Crippen LogP contribution in [0.1, 0.15) is 45.3 Å². The molecule has 1 aliphatic rings. The summed E-state index contributed by atoms with van der Waals surface area (Å²) in [6, 6.07) is 3.54. The molecule has 26 heavy (non-hydrogen) atoms. The van der Waals surface area contributed by atoms with E-state index in [1.807, 2.05) is 12.1 Å². The van der Waals surface area contributed by atoms with E-state index in [9.17, 15) is 13.2 Å². The van der Waals surface area contributed by atoms with Gasteiger partial charge in [-0.2, -0.15) is 13.2 Å². The van der Waals surface area contributed by atoms with E-state index in [1.54, 1.807) is 6.26 Å². The Morgan fingerprint density at radius 2 is 2.12 bits per heavy atom. The van der Waals surface area contributed by atoms with Crippen LogP contribution in [0, 0.1) is 11.8 Å². The molecule has 8 heteroatoms. The number of hydrogen-bond donors (Lipinski definition) is 2. The van der Waals surface area contributed by atoms with Gasteiger partial charge in [0.25, 0.3) is 0 Å². The van der Waals surface area contributed by atoms with Crippen LogP contribution in [0.25, 0.3) is 0 Å². The lowest BCUT2D eigenvalue weighted by Gasteiger charge is -2.32. The molecule has 0 saturated heterocycles. The summed E-state index contributed by atoms with van der Waals surface area (Å²) in [5.74, 6) is 0.629. The fourth-order valence-corrected chi connectivity index (χ4v) is 3.00. The van der Waals surface area contributed by atoms with Crippen molar-refractivity contribution in [2.45, 2.75) is 58.2 Å². The fraction of sp³-hybridized carbons (Fsp3) is 0.722. The number of furan rings is 1. The van der Waals surface area contributed by atoms with Gasteiger partial charge in [0.15, 0.2) is 5.96 Å². The van der Waals surface area contributed by atoms with E-state index < -0.39 is 12.1 Å². The summed E-state index contributed by atoms with van der Waals surface area (Å²) in [6.45, 7) is 5.37. The molecule has 2 rings (SSSR count). The molecule has 0 aliphatic heterocycles. The van der Waals surface area contributed by atoms with Crippen LogP contribution < -0.4 is 10.6 Å². The monoisotopic (exact) mass is 487 g/mol. The highest BCUT2D eigenvalue weighted by Crippen LogP contribution is 2.37. The third-order valence-electron chi connectivity index (χ3n) is 4.34. The molecule has 2 atom stereocenters. The zero-order valence-corrected chi connectivity index (χ0v) is 17.6. The van der Waals surface area contributed by atoms with Crippen molar-refractivity contribution in [3.63, 3.8) is 0 Å². The van der Waals surface area contributed by atoms with Gasteiger partial charge in [-0.05, 0) is 37.3 Å². The third kappa shape index (κ3) is 8.18. The van der Waals surface area contributed by atoms with Crippen LogP contribution in [0.5, 0.6) is 0 Å². The van der Waals surface area contributed by atoms with E-state index in [0.717, 1.165) is 12.2 Å². The normalized spacial score (nSPS) is 21.4. The molecule has 150 valence electrons. The van der Waals surface area contributed by atoms with Crippen LogP contribution in [0.15, 0.2) is 27.8 Å². The van der Waals surface area contributed by atoms with Crippen LogP contribution in [-0.4, -0.2) is 31.3 Å². The van der Waals surface area contributed by atoms with Gasteiger partial charge in [0, 0.05) is 25.6 Å². The number of rotatable bonds is 6. The smallest absolute Gasteiger partial charge is 0.391 e. The Hall–Kier alpha value is -0.930. The molecule has 1 fully saturated rings. The third-order valence-corrected chi connectivity index (χ3v) is 4.34. The molecule has 1 aromatic rings. The summed E-state index contributed by atoms with van der Waals surface area (Å²) in [5, 5.41) is 6.41. The predicted octanol–water partition coefficient (Wildman–Crippen LogP) is 4.75. The molecule has 2 N–H and O–H groups in total. The number of hydrogen-bond acceptors (Lipinski definition) is 2. The van der Waals surface area contributed by atoms with Gasteiger partial charge in [0.05, 0.1) is 12.2 Å². The Bertz CT molecular complexity index is 532. The lowest BCUT2D eigenvalue weighted by Crippen LogP contribution is -2.47. The molecule has 1 aromatic heterocycles. The Morgan fingerprint density at radius 3 is 2.73 bits per heavy atom. The van der Waals surface area contributed by atoms with Gasteiger partial charge in [-0.15, -0.1) is 24.0 Å². The van der Waals surface area contributed by atoms with Crippen molar-refractivity contribution in [1.29, 1.82) is 0 Å². The van der Waals surface area contributed by atoms with E-state index in [4.69, 9.17) is 4.42 Å². The fourth-order valence-electron chi connectivity index (χ4n) is 3.00. The summed E-state index contributed by atoms with van der Waals surface area (Å²) >= 11 is 0. The lowest BCUT2D eigenvalue weighted by atomic mass is 9.85. The van der Waals surface area contributed by atoms with E-state index in [1.165, 1.54) is 0 Å². The molecule has 0 bridgehead atoms. The van der Waals surface area contributed by atoms with Crippen molar-refractivity contribution in [2.75, 3.05) is 13.1 Å². The maximum atomic E-state index is 13.0. The van der Waals surface area contributed by atoms with E-state index in [-0.39, 0.29) is 42.9 Å². The Kier molecular flexibility index (Phi) is 9.81. The highest BCUT2D eigenvalue weighted by atomic mass is 127. The van der Waals surface area contributed by atoms with Crippen molar-refractivity contribution in [1.82, 2.24) is 10.6 Å². The quantitative estimate of drug-likeness (QED) is 0.346. The predicted molar refractivity (Wildman–Crippen MR) is 108 cm³/mol. The topological polar surface area (TPSA) is 49.6 Å². The second-order valence-corrected chi connectivity index (χ2v) is 7.09. The highest BCUT2D eigenvalue weighted by molar-refractivity contribution is 14.0. The zero-order chi connectivity index (χ0) is 18.3. The average molecular weight is 487 g/mol. The summed E-state index contributed by atoms with van der Waals surface area (Å²) in [7, 11) is 0. The SMILES string of the molecule is CC(C)CN=C(NCCc1ccco1)NC1CCCC(C(F)(F)F)C1.I. The molecular weight excluding hydrogens is 458 g/mol. The molecule has 0 spiro atoms. The zero-order valence-electron chi connectivity index (χ0n) is 15.3. The van der Waals surface area contributed by atoms with Gasteiger partial charge in [0.1, 0.15) is 5.76 Å². The van der Waals surface area contributed by atoms with Crippen molar-refractivity contribution in [3.8, 4) is 0 Å². The molecule has 1 aliphatic carbocycles. The largest absolute Gasteiger partial charge is 0.469 e. The molecule has 2 unspecified atom stereocenters. The van der Waals surface area contributed by atoms with E-state index >= 15 is 0 Å². The number of guanidine groups is 1. The molecule has 0 radical (unpaired) electrons. The minimum Gasteiger partial charge on any atom is -0.469 e. The second-order valence-electron chi connectivity index (χ2n) is 7.09. The number of nitrogens with one attached hydrogen (secondary N) is 2. The first-order valence-corrected chi connectivity index (χ1v) is 8.98. The van der Waals surface area contributed by atoms with E-state index in [2.05, 4.69) is 29.5 Å². The van der Waals surface area contributed by atoms with Gasteiger partial charge >= 0.3 is 6.18 Å². The van der Waals surface area contributed by atoms with Gasteiger partial charge in [-0.25, -0.2) is 0 Å². The Labute approximate surface area is 170 Å². The molecule has 4 nitrogen and oxygen atoms in total. The van der Waals surface area contributed by atoms with Gasteiger partial charge in [0.2, 0.25) is 0 Å². The summed E-state index contributed by atoms with van der Waals surface area (Å²) in [4.78, 5) is 4.51. The average Bonchev–Trinajstić information content (AvgIpc) is 3.05. The van der Waals surface area contributed by atoms with Crippen molar-refractivity contribution in [3.05, 3.63) is 24.2 Å². The minimum absolute atomic E-state index is 0. The second kappa shape index (κ2) is 11.0. The van der Waals surface area contributed by atoms with E-state index in [0.29, 0.717) is 37.8 Å². The first-order valence-electron chi connectivity index (χ1n) is 8.98. The van der Waals surface area contributed by atoms with Gasteiger partial charge < -0.3 is 15.1 Å². The Balaban J connectivity index is 0.00000338. The summed E-state index contributed by atoms with van der Waals surface area (Å²) in [6.07, 6.45) is -0.108. The molecule has 0 aromatic carbocycles. The number of aliphatic imine (C=N–C) groups is 1. The Morgan fingerprint density at radius 1 is 1.35 bits per heavy atom. The highest BCUT2D eigenvalue weighted by Gasteiger charge is 2.42. The lowest BCUT2D eigenvalue weighted by molar-refractivity contribution is -0.183. The molecule has 1 saturated carbocycles. The van der Waals surface area contributed by atoms with Crippen molar-refractivity contribution < 1.29 is 17.6 Å². The van der Waals surface area contributed by atoms with Crippen molar-refractivity contribution in [2.24, 2.45) is 16.8 Å². The standard InChI is InChI=1S/C18H28F3N3O.HI/c1-13(2)12-23-17(22-9-8-16-7-4-10-25-16)24-15-6-3-5-14(11-15)18(19,20)21;/h4,7,10,13-15H,3,5-6,8-9,11-12H2,1-2H3,(H2,22,23,24);1H. The number of halogens is 4. The van der Waals surface area contributed by atoms with Crippen LogP contribution in [0.4, 0.5) is 13.2 Å². The maximum Gasteiger partial charge on any atom is 0.391 e. The molecular formula is C18H29F3IN3O. The van der Waals surface area contributed by atoms with Crippen LogP contribution >= 0.6 is 24.0 Å². The maximum absolute atomic E-state index is 13.0. The molecule has 0 amide bonds. The number of nitrogens with zero attached hydrogens (tertiary/aromatic N) is 1. The van der Waals surface area contributed by atoms with Crippen LogP contribution in [-0.2, 0) is 6.42 Å². The minimum atomic E-state index is -4.11. The van der Waals surface area contributed by atoms with Gasteiger partial charge in [-0.3, -0.25) is 4.99 Å². The van der Waals surface area contributed by atoms with Crippen molar-refractivity contribution >= 4 is 29.9 Å². The first kappa shape index (κ1) is 23.1. The first-order chi connectivity index (χ1) is 11.8. The molecule has 1 heterocycles. The summed E-state index contributed by atoms with van der Waals surface area (Å²) < 4.78 is 44.2. The van der Waals surface area contributed by atoms with Crippen LogP contribution in [0.2, 0.25) is 0 Å². The summed E-state index contributed by atoms with van der Waals surface area (Å²) in [5.41, 5.74) is 0. The van der Waals surface area contributed by atoms with Gasteiger partial charge in [-0.1, -0.05) is 20.3 Å².